The maximum atomic E-state index is 13.0. The molecule has 0 atom stereocenters. The standard InChI is InChI=1S/C16H16F3N5O2/c1-23(9-10-6-11(25-2)8-12(7-10)26-3)14-5-4-13-20-21-15(16(17,18)19)24(13)22-14/h4-8H,9H2,1-3H3. The van der Waals surface area contributed by atoms with E-state index in [0.717, 1.165) is 5.56 Å². The maximum Gasteiger partial charge on any atom is 0.453 e. The summed E-state index contributed by atoms with van der Waals surface area (Å²) in [4.78, 5) is 1.70. The van der Waals surface area contributed by atoms with Crippen molar-refractivity contribution in [2.45, 2.75) is 12.7 Å². The molecule has 0 spiro atoms. The van der Waals surface area contributed by atoms with Crippen LogP contribution in [0.3, 0.4) is 0 Å². The van der Waals surface area contributed by atoms with E-state index in [1.807, 2.05) is 12.1 Å². The molecule has 3 aromatic rings. The van der Waals surface area contributed by atoms with E-state index in [-0.39, 0.29) is 5.65 Å². The normalized spacial score (nSPS) is 11.6. The molecular formula is C16H16F3N5O2. The highest BCUT2D eigenvalue weighted by Crippen LogP contribution is 2.28. The van der Waals surface area contributed by atoms with E-state index in [4.69, 9.17) is 9.47 Å². The first-order valence-electron chi connectivity index (χ1n) is 7.54. The molecule has 0 unspecified atom stereocenters. The van der Waals surface area contributed by atoms with Crippen LogP contribution in [0.5, 0.6) is 11.5 Å². The lowest BCUT2D eigenvalue weighted by molar-refractivity contribution is -0.146. The molecule has 0 aliphatic rings. The molecule has 2 aromatic heterocycles. The number of fused-ring (bicyclic) bond motifs is 1. The van der Waals surface area contributed by atoms with Crippen molar-refractivity contribution in [3.05, 3.63) is 41.7 Å². The van der Waals surface area contributed by atoms with Crippen LogP contribution in [0.2, 0.25) is 0 Å². The second-order valence-corrected chi connectivity index (χ2v) is 5.56. The zero-order chi connectivity index (χ0) is 18.9. The highest BCUT2D eigenvalue weighted by molar-refractivity contribution is 5.47. The fraction of sp³-hybridized carbons (Fsp3) is 0.312. The highest BCUT2D eigenvalue weighted by atomic mass is 19.4. The van der Waals surface area contributed by atoms with E-state index >= 15 is 0 Å². The number of halogens is 3. The molecule has 3 rings (SSSR count). The van der Waals surface area contributed by atoms with Gasteiger partial charge in [0.05, 0.1) is 14.2 Å². The Morgan fingerprint density at radius 3 is 2.27 bits per heavy atom. The Kier molecular flexibility index (Phi) is 4.58. The number of alkyl halides is 3. The fourth-order valence-electron chi connectivity index (χ4n) is 2.47. The summed E-state index contributed by atoms with van der Waals surface area (Å²) in [5, 5.41) is 10.7. The fourth-order valence-corrected chi connectivity index (χ4v) is 2.47. The molecule has 26 heavy (non-hydrogen) atoms. The molecule has 0 N–H and O–H groups in total. The van der Waals surface area contributed by atoms with E-state index in [0.29, 0.717) is 28.4 Å². The summed E-state index contributed by atoms with van der Waals surface area (Å²) in [7, 11) is 4.81. The number of benzene rings is 1. The second-order valence-electron chi connectivity index (χ2n) is 5.56. The van der Waals surface area contributed by atoms with Gasteiger partial charge in [0, 0.05) is 19.7 Å². The molecule has 7 nitrogen and oxygen atoms in total. The summed E-state index contributed by atoms with van der Waals surface area (Å²) < 4.78 is 50.1. The van der Waals surface area contributed by atoms with E-state index in [1.165, 1.54) is 6.07 Å². The van der Waals surface area contributed by atoms with Crippen LogP contribution in [-0.4, -0.2) is 41.1 Å². The van der Waals surface area contributed by atoms with E-state index < -0.39 is 12.0 Å². The van der Waals surface area contributed by atoms with Crippen molar-refractivity contribution in [2.24, 2.45) is 0 Å². The van der Waals surface area contributed by atoms with Crippen molar-refractivity contribution >= 4 is 11.5 Å². The van der Waals surface area contributed by atoms with E-state index in [1.54, 1.807) is 38.3 Å². The van der Waals surface area contributed by atoms with Crippen molar-refractivity contribution < 1.29 is 22.6 Å². The predicted octanol–water partition coefficient (Wildman–Crippen LogP) is 2.80. The Bertz CT molecular complexity index is 904. The molecule has 0 saturated carbocycles. The summed E-state index contributed by atoms with van der Waals surface area (Å²) in [6.07, 6.45) is -4.64. The minimum Gasteiger partial charge on any atom is -0.497 e. The van der Waals surface area contributed by atoms with Crippen molar-refractivity contribution in [2.75, 3.05) is 26.2 Å². The molecule has 0 bridgehead atoms. The molecule has 10 heteroatoms. The van der Waals surface area contributed by atoms with Crippen molar-refractivity contribution in [1.82, 2.24) is 19.8 Å². The first kappa shape index (κ1) is 17.8. The van der Waals surface area contributed by atoms with Crippen LogP contribution in [0.15, 0.2) is 30.3 Å². The van der Waals surface area contributed by atoms with Gasteiger partial charge in [-0.15, -0.1) is 15.3 Å². The van der Waals surface area contributed by atoms with Crippen molar-refractivity contribution in [1.29, 1.82) is 0 Å². The average molecular weight is 367 g/mol. The monoisotopic (exact) mass is 367 g/mol. The number of hydrogen-bond acceptors (Lipinski definition) is 6. The van der Waals surface area contributed by atoms with Gasteiger partial charge in [-0.3, -0.25) is 0 Å². The minimum atomic E-state index is -4.64. The third-order valence-electron chi connectivity index (χ3n) is 3.72. The lowest BCUT2D eigenvalue weighted by Gasteiger charge is -2.19. The van der Waals surface area contributed by atoms with Crippen LogP contribution >= 0.6 is 0 Å². The SMILES string of the molecule is COc1cc(CN(C)c2ccc3nnc(C(F)(F)F)n3n2)cc(OC)c1. The lowest BCUT2D eigenvalue weighted by Crippen LogP contribution is -2.20. The van der Waals surface area contributed by atoms with E-state index in [9.17, 15) is 13.2 Å². The predicted molar refractivity (Wildman–Crippen MR) is 87.4 cm³/mol. The molecular weight excluding hydrogens is 351 g/mol. The van der Waals surface area contributed by atoms with Gasteiger partial charge in [-0.2, -0.15) is 17.7 Å². The van der Waals surface area contributed by atoms with Gasteiger partial charge >= 0.3 is 6.18 Å². The zero-order valence-corrected chi connectivity index (χ0v) is 14.3. The van der Waals surface area contributed by atoms with Crippen LogP contribution in [0.25, 0.3) is 5.65 Å². The Morgan fingerprint density at radius 2 is 1.69 bits per heavy atom. The molecule has 0 radical (unpaired) electrons. The van der Waals surface area contributed by atoms with Gasteiger partial charge in [0.1, 0.15) is 17.3 Å². The number of methoxy groups -OCH3 is 2. The summed E-state index contributed by atoms with van der Waals surface area (Å²) >= 11 is 0. The van der Waals surface area contributed by atoms with Crippen LogP contribution < -0.4 is 14.4 Å². The second kappa shape index (κ2) is 6.70. The van der Waals surface area contributed by atoms with Gasteiger partial charge in [0.25, 0.3) is 5.82 Å². The number of aromatic nitrogens is 4. The Morgan fingerprint density at radius 1 is 1.04 bits per heavy atom. The largest absolute Gasteiger partial charge is 0.497 e. The average Bonchev–Trinajstić information content (AvgIpc) is 3.04. The minimum absolute atomic E-state index is 0.0255. The summed E-state index contributed by atoms with van der Waals surface area (Å²) in [5.74, 6) is 0.416. The number of hydrogen-bond donors (Lipinski definition) is 0. The smallest absolute Gasteiger partial charge is 0.453 e. The lowest BCUT2D eigenvalue weighted by atomic mass is 10.2. The van der Waals surface area contributed by atoms with Crippen LogP contribution in [0, 0.1) is 0 Å². The third-order valence-corrected chi connectivity index (χ3v) is 3.72. The quantitative estimate of drug-likeness (QED) is 0.691. The number of ether oxygens (including phenoxy) is 2. The molecule has 0 amide bonds. The topological polar surface area (TPSA) is 64.8 Å². The summed E-state index contributed by atoms with van der Waals surface area (Å²) in [5.41, 5.74) is 0.878. The Labute approximate surface area is 147 Å². The Balaban J connectivity index is 1.92. The zero-order valence-electron chi connectivity index (χ0n) is 14.3. The van der Waals surface area contributed by atoms with Gasteiger partial charge in [0.15, 0.2) is 5.65 Å². The van der Waals surface area contributed by atoms with Crippen LogP contribution in [0.1, 0.15) is 11.4 Å². The van der Waals surface area contributed by atoms with Crippen molar-refractivity contribution in [3.8, 4) is 11.5 Å². The molecule has 0 fully saturated rings. The van der Waals surface area contributed by atoms with Gasteiger partial charge < -0.3 is 14.4 Å². The van der Waals surface area contributed by atoms with Gasteiger partial charge in [-0.25, -0.2) is 0 Å². The number of nitrogens with zero attached hydrogens (tertiary/aromatic N) is 5. The molecule has 1 aromatic carbocycles. The molecule has 0 aliphatic carbocycles. The first-order valence-corrected chi connectivity index (χ1v) is 7.54. The molecule has 138 valence electrons. The number of anilines is 1. The molecule has 0 aliphatic heterocycles. The summed E-state index contributed by atoms with van der Waals surface area (Å²) in [6.45, 7) is 0.384. The number of rotatable bonds is 5. The third kappa shape index (κ3) is 3.48. The van der Waals surface area contributed by atoms with Crippen molar-refractivity contribution in [3.63, 3.8) is 0 Å². The first-order chi connectivity index (χ1) is 12.3. The van der Waals surface area contributed by atoms with Crippen LogP contribution in [-0.2, 0) is 12.7 Å². The molecule has 0 saturated heterocycles. The van der Waals surface area contributed by atoms with E-state index in [2.05, 4.69) is 15.3 Å². The molecule has 2 heterocycles. The van der Waals surface area contributed by atoms with Gasteiger partial charge in [0.2, 0.25) is 0 Å². The van der Waals surface area contributed by atoms with Gasteiger partial charge in [-0.05, 0) is 29.8 Å². The summed E-state index contributed by atoms with van der Waals surface area (Å²) in [6, 6.07) is 8.39. The Hall–Kier alpha value is -3.04. The highest BCUT2D eigenvalue weighted by Gasteiger charge is 2.37. The maximum absolute atomic E-state index is 13.0. The van der Waals surface area contributed by atoms with Crippen LogP contribution in [0.4, 0.5) is 19.0 Å². The van der Waals surface area contributed by atoms with Gasteiger partial charge in [-0.1, -0.05) is 0 Å².